The quantitative estimate of drug-likeness (QED) is 0.825. The number of morpholine rings is 1. The Kier molecular flexibility index (Phi) is 3.10. The van der Waals surface area contributed by atoms with E-state index in [1.54, 1.807) is 0 Å². The van der Waals surface area contributed by atoms with Crippen molar-refractivity contribution in [3.63, 3.8) is 0 Å². The number of nitrogens with zero attached hydrogens (tertiary/aromatic N) is 2. The normalized spacial score (nSPS) is 22.3. The summed E-state index contributed by atoms with van der Waals surface area (Å²) in [4.78, 5) is 3.66. The number of alkyl halides is 3. The highest BCUT2D eigenvalue weighted by atomic mass is 19.4. The molecule has 0 bridgehead atoms. The number of nitrogens with one attached hydrogen (secondary N) is 1. The maximum atomic E-state index is 12.0. The zero-order chi connectivity index (χ0) is 11.6. The molecule has 1 aromatic rings. The van der Waals surface area contributed by atoms with E-state index in [9.17, 15) is 13.2 Å². The molecule has 0 spiro atoms. The van der Waals surface area contributed by atoms with Gasteiger partial charge in [0.25, 0.3) is 0 Å². The predicted octanol–water partition coefficient (Wildman–Crippen LogP) is 0.835. The summed E-state index contributed by atoms with van der Waals surface area (Å²) >= 11 is 0. The fourth-order valence-corrected chi connectivity index (χ4v) is 1.37. The average molecular weight is 237 g/mol. The minimum atomic E-state index is -4.34. The monoisotopic (exact) mass is 237 g/mol. The van der Waals surface area contributed by atoms with Crippen LogP contribution in [0.5, 0.6) is 0 Å². The van der Waals surface area contributed by atoms with Crippen molar-refractivity contribution < 1.29 is 22.4 Å². The van der Waals surface area contributed by atoms with Crippen LogP contribution >= 0.6 is 0 Å². The lowest BCUT2D eigenvalue weighted by Crippen LogP contribution is -2.33. The highest BCUT2D eigenvalue weighted by molar-refractivity contribution is 4.94. The minimum Gasteiger partial charge on any atom is -0.367 e. The summed E-state index contributed by atoms with van der Waals surface area (Å²) in [5, 5.41) is 6.49. The smallest absolute Gasteiger partial charge is 0.367 e. The number of aromatic nitrogens is 2. The van der Waals surface area contributed by atoms with E-state index < -0.39 is 24.6 Å². The van der Waals surface area contributed by atoms with Crippen LogP contribution in [0.15, 0.2) is 4.52 Å². The van der Waals surface area contributed by atoms with Crippen LogP contribution < -0.4 is 5.32 Å². The molecule has 0 aliphatic carbocycles. The second kappa shape index (κ2) is 4.38. The number of ether oxygens (including phenoxy) is 1. The van der Waals surface area contributed by atoms with Gasteiger partial charge in [-0.3, -0.25) is 0 Å². The molecule has 1 aliphatic heterocycles. The van der Waals surface area contributed by atoms with E-state index in [4.69, 9.17) is 4.74 Å². The van der Waals surface area contributed by atoms with Gasteiger partial charge in [-0.2, -0.15) is 18.2 Å². The predicted molar refractivity (Wildman–Crippen MR) is 45.6 cm³/mol. The SMILES string of the molecule is FC(F)(F)Cc1nc(C2CNCCO2)no1. The van der Waals surface area contributed by atoms with Crippen LogP contribution in [0.2, 0.25) is 0 Å². The van der Waals surface area contributed by atoms with Crippen LogP contribution in [-0.2, 0) is 11.2 Å². The van der Waals surface area contributed by atoms with Crippen LogP contribution in [0.4, 0.5) is 13.2 Å². The molecule has 0 aromatic carbocycles. The van der Waals surface area contributed by atoms with E-state index in [2.05, 4.69) is 20.0 Å². The molecule has 1 aliphatic rings. The molecule has 2 rings (SSSR count). The van der Waals surface area contributed by atoms with Gasteiger partial charge in [0.1, 0.15) is 12.5 Å². The first kappa shape index (κ1) is 11.3. The van der Waals surface area contributed by atoms with E-state index >= 15 is 0 Å². The molecule has 8 heteroatoms. The van der Waals surface area contributed by atoms with Gasteiger partial charge < -0.3 is 14.6 Å². The van der Waals surface area contributed by atoms with Gasteiger partial charge in [0.2, 0.25) is 11.7 Å². The highest BCUT2D eigenvalue weighted by Crippen LogP contribution is 2.22. The summed E-state index contributed by atoms with van der Waals surface area (Å²) in [5.74, 6) is -0.275. The first-order valence-electron chi connectivity index (χ1n) is 4.76. The molecular formula is C8H10F3N3O2. The topological polar surface area (TPSA) is 60.2 Å². The molecule has 2 heterocycles. The molecule has 0 amide bonds. The molecule has 1 unspecified atom stereocenters. The summed E-state index contributed by atoms with van der Waals surface area (Å²) in [7, 11) is 0. The third-order valence-corrected chi connectivity index (χ3v) is 2.05. The van der Waals surface area contributed by atoms with Gasteiger partial charge in [0.05, 0.1) is 6.61 Å². The van der Waals surface area contributed by atoms with Crippen LogP contribution in [0.1, 0.15) is 17.8 Å². The van der Waals surface area contributed by atoms with Gasteiger partial charge in [-0.25, -0.2) is 0 Å². The Hall–Kier alpha value is -1.15. The summed E-state index contributed by atoms with van der Waals surface area (Å²) in [6, 6.07) is 0. The molecule has 90 valence electrons. The second-order valence-electron chi connectivity index (χ2n) is 3.40. The third-order valence-electron chi connectivity index (χ3n) is 2.05. The fraction of sp³-hybridized carbons (Fsp3) is 0.750. The molecule has 16 heavy (non-hydrogen) atoms. The van der Waals surface area contributed by atoms with Crippen molar-refractivity contribution in [3.8, 4) is 0 Å². The van der Waals surface area contributed by atoms with Crippen molar-refractivity contribution in [3.05, 3.63) is 11.7 Å². The van der Waals surface area contributed by atoms with Gasteiger partial charge >= 0.3 is 6.18 Å². The number of halogens is 3. The summed E-state index contributed by atoms with van der Waals surface area (Å²) < 4.78 is 45.8. The van der Waals surface area contributed by atoms with Crippen molar-refractivity contribution in [1.29, 1.82) is 0 Å². The van der Waals surface area contributed by atoms with Crippen molar-refractivity contribution in [2.75, 3.05) is 19.7 Å². The molecule has 0 saturated carbocycles. The van der Waals surface area contributed by atoms with Gasteiger partial charge in [0, 0.05) is 13.1 Å². The molecule has 1 fully saturated rings. The molecular weight excluding hydrogens is 227 g/mol. The number of rotatable bonds is 2. The van der Waals surface area contributed by atoms with E-state index in [0.29, 0.717) is 19.7 Å². The Morgan fingerprint density at radius 2 is 2.25 bits per heavy atom. The van der Waals surface area contributed by atoms with E-state index in [0.717, 1.165) is 0 Å². The average Bonchev–Trinajstić information content (AvgIpc) is 2.65. The Bertz CT molecular complexity index is 347. The standard InChI is InChI=1S/C8H10F3N3O2/c9-8(10,11)3-6-13-7(14-16-6)5-4-12-1-2-15-5/h5,12H,1-4H2. The Morgan fingerprint density at radius 3 is 2.88 bits per heavy atom. The number of hydrogen-bond acceptors (Lipinski definition) is 5. The van der Waals surface area contributed by atoms with Crippen LogP contribution in [0, 0.1) is 0 Å². The lowest BCUT2D eigenvalue weighted by Gasteiger charge is -2.20. The van der Waals surface area contributed by atoms with E-state index in [1.807, 2.05) is 0 Å². The van der Waals surface area contributed by atoms with Crippen molar-refractivity contribution in [2.45, 2.75) is 18.7 Å². The highest BCUT2D eigenvalue weighted by Gasteiger charge is 2.32. The van der Waals surface area contributed by atoms with Crippen LogP contribution in [0.25, 0.3) is 0 Å². The Balaban J connectivity index is 2.01. The molecule has 0 radical (unpaired) electrons. The zero-order valence-corrected chi connectivity index (χ0v) is 8.25. The largest absolute Gasteiger partial charge is 0.397 e. The molecule has 1 aromatic heterocycles. The van der Waals surface area contributed by atoms with E-state index in [-0.39, 0.29) is 5.82 Å². The van der Waals surface area contributed by atoms with Crippen molar-refractivity contribution in [1.82, 2.24) is 15.5 Å². The molecule has 5 nitrogen and oxygen atoms in total. The zero-order valence-electron chi connectivity index (χ0n) is 8.25. The summed E-state index contributed by atoms with van der Waals surface area (Å²) in [6.45, 7) is 1.67. The molecule has 1 atom stereocenters. The number of hydrogen-bond donors (Lipinski definition) is 1. The van der Waals surface area contributed by atoms with Gasteiger partial charge in [-0.15, -0.1) is 0 Å². The summed E-state index contributed by atoms with van der Waals surface area (Å²) in [6.07, 6.45) is -5.98. The minimum absolute atomic E-state index is 0.159. The Labute approximate surface area is 89.0 Å². The van der Waals surface area contributed by atoms with Crippen LogP contribution in [-0.4, -0.2) is 36.0 Å². The second-order valence-corrected chi connectivity index (χ2v) is 3.40. The third kappa shape index (κ3) is 2.92. The fourth-order valence-electron chi connectivity index (χ4n) is 1.37. The van der Waals surface area contributed by atoms with Gasteiger partial charge in [-0.1, -0.05) is 5.16 Å². The maximum absolute atomic E-state index is 12.0. The van der Waals surface area contributed by atoms with Crippen LogP contribution in [0.3, 0.4) is 0 Å². The van der Waals surface area contributed by atoms with Crippen molar-refractivity contribution in [2.24, 2.45) is 0 Å². The van der Waals surface area contributed by atoms with Gasteiger partial charge in [-0.05, 0) is 0 Å². The maximum Gasteiger partial charge on any atom is 0.397 e. The molecule has 1 saturated heterocycles. The van der Waals surface area contributed by atoms with E-state index in [1.165, 1.54) is 0 Å². The van der Waals surface area contributed by atoms with Crippen molar-refractivity contribution >= 4 is 0 Å². The molecule has 1 N–H and O–H groups in total. The first-order valence-corrected chi connectivity index (χ1v) is 4.76. The summed E-state index contributed by atoms with van der Waals surface area (Å²) in [5.41, 5.74) is 0. The lowest BCUT2D eigenvalue weighted by atomic mass is 10.3. The lowest BCUT2D eigenvalue weighted by molar-refractivity contribution is -0.131. The van der Waals surface area contributed by atoms with Gasteiger partial charge in [0.15, 0.2) is 0 Å². The first-order chi connectivity index (χ1) is 7.54. The Morgan fingerprint density at radius 1 is 1.44 bits per heavy atom.